The summed E-state index contributed by atoms with van der Waals surface area (Å²) in [5, 5.41) is 9.07. The molecule has 1 N–H and O–H groups in total. The zero-order chi connectivity index (χ0) is 20.8. The zero-order valence-corrected chi connectivity index (χ0v) is 16.7. The lowest BCUT2D eigenvalue weighted by Gasteiger charge is -2.29. The molecule has 1 heterocycles. The Kier molecular flexibility index (Phi) is 6.88. The highest BCUT2D eigenvalue weighted by Gasteiger charge is 2.30. The molecule has 1 atom stereocenters. The van der Waals surface area contributed by atoms with Crippen molar-refractivity contribution in [3.63, 3.8) is 0 Å². The second-order valence-corrected chi connectivity index (χ2v) is 7.25. The molecule has 1 aliphatic rings. The number of anilines is 1. The van der Waals surface area contributed by atoms with Crippen molar-refractivity contribution in [2.75, 3.05) is 31.6 Å². The van der Waals surface area contributed by atoms with Gasteiger partial charge in [-0.2, -0.15) is 0 Å². The summed E-state index contributed by atoms with van der Waals surface area (Å²) in [7, 11) is 1.98. The van der Waals surface area contributed by atoms with E-state index >= 15 is 0 Å². The summed E-state index contributed by atoms with van der Waals surface area (Å²) >= 11 is 0. The van der Waals surface area contributed by atoms with Crippen LogP contribution in [0.4, 0.5) is 10.1 Å². The number of allylic oxidation sites excluding steroid dienone is 1. The lowest BCUT2D eigenvalue weighted by atomic mass is 10.1. The fourth-order valence-electron chi connectivity index (χ4n) is 3.63. The number of amides is 1. The van der Waals surface area contributed by atoms with Crippen molar-refractivity contribution in [3.8, 4) is 5.75 Å². The maximum Gasteiger partial charge on any atom is 0.260 e. The van der Waals surface area contributed by atoms with Crippen LogP contribution in [0.2, 0.25) is 0 Å². The molecule has 0 bridgehead atoms. The largest absolute Gasteiger partial charge is 0.484 e. The first kappa shape index (κ1) is 20.9. The molecule has 1 fully saturated rings. The predicted molar refractivity (Wildman–Crippen MR) is 112 cm³/mol. The van der Waals surface area contributed by atoms with Crippen molar-refractivity contribution in [2.24, 2.45) is 0 Å². The molecular formula is C23H27FN2O3. The average molecular weight is 398 g/mol. The van der Waals surface area contributed by atoms with Gasteiger partial charge in [-0.1, -0.05) is 18.2 Å². The number of likely N-dealkylation sites (N-methyl/N-ethyl adjacent to an activating group) is 1. The summed E-state index contributed by atoms with van der Waals surface area (Å²) in [6.45, 7) is 4.98. The van der Waals surface area contributed by atoms with Crippen LogP contribution in [0, 0.1) is 5.82 Å². The van der Waals surface area contributed by atoms with E-state index in [1.807, 2.05) is 7.05 Å². The number of hydrogen-bond acceptors (Lipinski definition) is 4. The molecule has 3 rings (SSSR count). The van der Waals surface area contributed by atoms with Gasteiger partial charge in [0.15, 0.2) is 6.61 Å². The molecule has 29 heavy (non-hydrogen) atoms. The van der Waals surface area contributed by atoms with Crippen LogP contribution in [0.15, 0.2) is 55.1 Å². The molecule has 5 nitrogen and oxygen atoms in total. The van der Waals surface area contributed by atoms with Gasteiger partial charge in [0.1, 0.15) is 11.6 Å². The van der Waals surface area contributed by atoms with Gasteiger partial charge in [0.05, 0.1) is 6.61 Å². The number of aliphatic hydroxyl groups excluding tert-OH is 1. The minimum atomic E-state index is -0.258. The zero-order valence-electron chi connectivity index (χ0n) is 16.7. The molecule has 1 aliphatic heterocycles. The summed E-state index contributed by atoms with van der Waals surface area (Å²) in [4.78, 5) is 16.5. The van der Waals surface area contributed by atoms with Crippen LogP contribution in [-0.2, 0) is 17.8 Å². The van der Waals surface area contributed by atoms with Gasteiger partial charge in [0, 0.05) is 31.9 Å². The molecule has 1 amide bonds. The number of benzene rings is 2. The van der Waals surface area contributed by atoms with Crippen LogP contribution in [0.5, 0.6) is 5.75 Å². The van der Waals surface area contributed by atoms with Gasteiger partial charge in [0.2, 0.25) is 0 Å². The Labute approximate surface area is 171 Å². The van der Waals surface area contributed by atoms with Crippen LogP contribution in [0.1, 0.15) is 17.5 Å². The van der Waals surface area contributed by atoms with Crippen LogP contribution in [0.3, 0.4) is 0 Å². The molecule has 154 valence electrons. The fourth-order valence-corrected chi connectivity index (χ4v) is 3.63. The van der Waals surface area contributed by atoms with Crippen molar-refractivity contribution in [1.29, 1.82) is 0 Å². The number of aliphatic hydroxyl groups is 1. The third-order valence-corrected chi connectivity index (χ3v) is 5.32. The molecular weight excluding hydrogens is 371 g/mol. The van der Waals surface area contributed by atoms with Gasteiger partial charge in [-0.25, -0.2) is 4.39 Å². The predicted octanol–water partition coefficient (Wildman–Crippen LogP) is 3.16. The smallest absolute Gasteiger partial charge is 0.260 e. The van der Waals surface area contributed by atoms with Crippen molar-refractivity contribution < 1.29 is 19.0 Å². The molecule has 6 heteroatoms. The van der Waals surface area contributed by atoms with Gasteiger partial charge in [-0.05, 0) is 54.3 Å². The van der Waals surface area contributed by atoms with Crippen molar-refractivity contribution >= 4 is 11.6 Å². The summed E-state index contributed by atoms with van der Waals surface area (Å²) in [6, 6.07) is 12.0. The molecule has 2 aromatic carbocycles. The number of ether oxygens (including phenoxy) is 1. The Balaban J connectivity index is 1.57. The second-order valence-electron chi connectivity index (χ2n) is 7.25. The summed E-state index contributed by atoms with van der Waals surface area (Å²) in [5.41, 5.74) is 2.65. The summed E-state index contributed by atoms with van der Waals surface area (Å²) < 4.78 is 19.2. The Hall–Kier alpha value is -2.86. The first-order valence-corrected chi connectivity index (χ1v) is 9.74. The highest BCUT2D eigenvalue weighted by atomic mass is 19.1. The number of carbonyl (C=O) groups is 1. The van der Waals surface area contributed by atoms with E-state index < -0.39 is 0 Å². The Bertz CT molecular complexity index is 854. The van der Waals surface area contributed by atoms with Crippen LogP contribution in [0.25, 0.3) is 0 Å². The van der Waals surface area contributed by atoms with E-state index in [9.17, 15) is 9.18 Å². The highest BCUT2D eigenvalue weighted by Crippen LogP contribution is 2.27. The molecule has 0 radical (unpaired) electrons. The number of rotatable bonds is 8. The quantitative estimate of drug-likeness (QED) is 0.694. The molecule has 0 aromatic heterocycles. The summed E-state index contributed by atoms with van der Waals surface area (Å²) in [6.07, 6.45) is 3.20. The number of likely N-dealkylation sites (tertiary alicyclic amines) is 1. The lowest BCUT2D eigenvalue weighted by Crippen LogP contribution is -2.38. The minimum absolute atomic E-state index is 0.0207. The topological polar surface area (TPSA) is 53.0 Å². The SMILES string of the molecule is C=CCc1cc(F)ccc1N(C)C1CCN(C(=O)COc2ccc(CO)cc2)C1. The monoisotopic (exact) mass is 398 g/mol. The van der Waals surface area contributed by atoms with E-state index in [4.69, 9.17) is 9.84 Å². The van der Waals surface area contributed by atoms with Crippen LogP contribution < -0.4 is 9.64 Å². The lowest BCUT2D eigenvalue weighted by molar-refractivity contribution is -0.132. The van der Waals surface area contributed by atoms with Gasteiger partial charge < -0.3 is 19.6 Å². The molecule has 0 spiro atoms. The Morgan fingerprint density at radius 2 is 2.10 bits per heavy atom. The molecule has 0 saturated carbocycles. The van der Waals surface area contributed by atoms with Crippen LogP contribution in [-0.4, -0.2) is 48.7 Å². The third kappa shape index (κ3) is 5.15. The number of carbonyl (C=O) groups excluding carboxylic acids is 1. The molecule has 1 unspecified atom stereocenters. The van der Waals surface area contributed by atoms with Gasteiger partial charge in [0.25, 0.3) is 5.91 Å². The van der Waals surface area contributed by atoms with E-state index in [0.717, 1.165) is 23.2 Å². The Morgan fingerprint density at radius 3 is 2.79 bits per heavy atom. The minimum Gasteiger partial charge on any atom is -0.484 e. The van der Waals surface area contributed by atoms with E-state index in [0.29, 0.717) is 25.3 Å². The maximum atomic E-state index is 13.6. The average Bonchev–Trinajstić information content (AvgIpc) is 3.23. The van der Waals surface area contributed by atoms with E-state index in [1.54, 1.807) is 47.4 Å². The fraction of sp³-hybridized carbons (Fsp3) is 0.348. The Morgan fingerprint density at radius 1 is 1.34 bits per heavy atom. The number of nitrogens with zero attached hydrogens (tertiary/aromatic N) is 2. The highest BCUT2D eigenvalue weighted by molar-refractivity contribution is 5.78. The standard InChI is InChI=1S/C23H27FN2O3/c1-3-4-18-13-19(24)7-10-22(18)25(2)20-11-12-26(14-20)23(28)16-29-21-8-5-17(15-27)6-9-21/h3,5-10,13,20,27H,1,4,11-12,14-16H2,2H3. The normalized spacial score (nSPS) is 16.0. The third-order valence-electron chi connectivity index (χ3n) is 5.32. The second kappa shape index (κ2) is 9.56. The van der Waals surface area contributed by atoms with Crippen molar-refractivity contribution in [3.05, 3.63) is 72.1 Å². The van der Waals surface area contributed by atoms with Gasteiger partial charge in [-0.3, -0.25) is 4.79 Å². The first-order valence-electron chi connectivity index (χ1n) is 9.74. The van der Waals surface area contributed by atoms with E-state index in [-0.39, 0.29) is 31.0 Å². The summed E-state index contributed by atoms with van der Waals surface area (Å²) in [5.74, 6) is 0.285. The molecule has 2 aromatic rings. The van der Waals surface area contributed by atoms with Crippen molar-refractivity contribution in [1.82, 2.24) is 4.90 Å². The van der Waals surface area contributed by atoms with E-state index in [1.165, 1.54) is 6.07 Å². The van der Waals surface area contributed by atoms with E-state index in [2.05, 4.69) is 11.5 Å². The van der Waals surface area contributed by atoms with Crippen LogP contribution >= 0.6 is 0 Å². The number of halogens is 1. The first-order chi connectivity index (χ1) is 14.0. The number of hydrogen-bond donors (Lipinski definition) is 1. The van der Waals surface area contributed by atoms with Crippen molar-refractivity contribution in [2.45, 2.75) is 25.5 Å². The molecule has 1 saturated heterocycles. The van der Waals surface area contributed by atoms with Gasteiger partial charge in [-0.15, -0.1) is 6.58 Å². The van der Waals surface area contributed by atoms with Gasteiger partial charge >= 0.3 is 0 Å². The molecule has 0 aliphatic carbocycles. The maximum absolute atomic E-state index is 13.6.